The van der Waals surface area contributed by atoms with Crippen LogP contribution in [0.3, 0.4) is 0 Å². The van der Waals surface area contributed by atoms with Crippen LogP contribution in [0.15, 0.2) is 0 Å². The van der Waals surface area contributed by atoms with Gasteiger partial charge >= 0.3 is 0 Å². The fourth-order valence-corrected chi connectivity index (χ4v) is 2.70. The van der Waals surface area contributed by atoms with Crippen molar-refractivity contribution in [3.63, 3.8) is 0 Å². The Labute approximate surface area is 90.5 Å². The molecule has 1 aliphatic carbocycles. The quantitative estimate of drug-likeness (QED) is 0.697. The first-order valence-electron chi connectivity index (χ1n) is 5.72. The molecule has 0 N–H and O–H groups in total. The highest BCUT2D eigenvalue weighted by molar-refractivity contribution is 5.78. The maximum Gasteiger partial charge on any atom is 0.153 e. The van der Waals surface area contributed by atoms with Gasteiger partial charge in [-0.3, -0.25) is 9.48 Å². The summed E-state index contributed by atoms with van der Waals surface area (Å²) in [5, 5.41) is 4.34. The Morgan fingerprint density at radius 3 is 2.60 bits per heavy atom. The molecule has 0 spiro atoms. The lowest BCUT2D eigenvalue weighted by Gasteiger charge is -2.22. The van der Waals surface area contributed by atoms with E-state index in [1.54, 1.807) is 0 Å². The standard InChI is InChI=1S/C12H18N2O/c1-9-11(8-15)12(14(2)13-9)10-6-4-3-5-7-10/h8,10H,3-7H2,1-2H3. The Hall–Kier alpha value is -1.12. The van der Waals surface area contributed by atoms with Gasteiger partial charge in [-0.25, -0.2) is 0 Å². The van der Waals surface area contributed by atoms with Crippen LogP contribution in [-0.2, 0) is 7.05 Å². The molecule has 3 nitrogen and oxygen atoms in total. The summed E-state index contributed by atoms with van der Waals surface area (Å²) in [5.41, 5.74) is 2.85. The van der Waals surface area contributed by atoms with Gasteiger partial charge in [0.2, 0.25) is 0 Å². The maximum atomic E-state index is 11.1. The fourth-order valence-electron chi connectivity index (χ4n) is 2.70. The number of carbonyl (C=O) groups excluding carboxylic acids is 1. The predicted molar refractivity (Wildman–Crippen MR) is 59.2 cm³/mol. The molecule has 0 amide bonds. The molecule has 1 aromatic heterocycles. The van der Waals surface area contributed by atoms with Crippen molar-refractivity contribution in [3.8, 4) is 0 Å². The van der Waals surface area contributed by atoms with Crippen LogP contribution < -0.4 is 0 Å². The molecule has 1 heterocycles. The van der Waals surface area contributed by atoms with Crippen LogP contribution in [0, 0.1) is 6.92 Å². The molecule has 2 rings (SSSR count). The molecule has 1 aliphatic rings. The smallest absolute Gasteiger partial charge is 0.153 e. The summed E-state index contributed by atoms with van der Waals surface area (Å²) >= 11 is 0. The SMILES string of the molecule is Cc1nn(C)c(C2CCCCC2)c1C=O. The van der Waals surface area contributed by atoms with Gasteiger partial charge in [-0.15, -0.1) is 0 Å². The Bertz CT molecular complexity index is 362. The van der Waals surface area contributed by atoms with Gasteiger partial charge in [0.05, 0.1) is 17.0 Å². The third kappa shape index (κ3) is 1.83. The molecule has 0 aromatic carbocycles. The van der Waals surface area contributed by atoms with Crippen molar-refractivity contribution in [3.05, 3.63) is 17.0 Å². The molecular weight excluding hydrogens is 188 g/mol. The fraction of sp³-hybridized carbons (Fsp3) is 0.667. The third-order valence-corrected chi connectivity index (χ3v) is 3.42. The van der Waals surface area contributed by atoms with E-state index < -0.39 is 0 Å². The van der Waals surface area contributed by atoms with Crippen molar-refractivity contribution in [2.45, 2.75) is 44.9 Å². The second-order valence-corrected chi connectivity index (χ2v) is 4.46. The van der Waals surface area contributed by atoms with Crippen LogP contribution in [0.1, 0.15) is 59.8 Å². The lowest BCUT2D eigenvalue weighted by molar-refractivity contribution is 0.112. The van der Waals surface area contributed by atoms with E-state index in [2.05, 4.69) is 5.10 Å². The van der Waals surface area contributed by atoms with E-state index in [9.17, 15) is 4.79 Å². The van der Waals surface area contributed by atoms with Gasteiger partial charge in [0.25, 0.3) is 0 Å². The lowest BCUT2D eigenvalue weighted by atomic mass is 9.85. The highest BCUT2D eigenvalue weighted by Crippen LogP contribution is 2.34. The summed E-state index contributed by atoms with van der Waals surface area (Å²) in [7, 11) is 1.95. The second-order valence-electron chi connectivity index (χ2n) is 4.46. The summed E-state index contributed by atoms with van der Waals surface area (Å²) in [4.78, 5) is 11.1. The zero-order chi connectivity index (χ0) is 10.8. The normalized spacial score (nSPS) is 18.0. The Balaban J connectivity index is 2.36. The Morgan fingerprint density at radius 1 is 1.33 bits per heavy atom. The second kappa shape index (κ2) is 4.17. The zero-order valence-electron chi connectivity index (χ0n) is 9.49. The number of aldehydes is 1. The number of aromatic nitrogens is 2. The largest absolute Gasteiger partial charge is 0.298 e. The number of hydrogen-bond acceptors (Lipinski definition) is 2. The summed E-state index contributed by atoms with van der Waals surface area (Å²) < 4.78 is 1.90. The Morgan fingerprint density at radius 2 is 2.00 bits per heavy atom. The van der Waals surface area contributed by atoms with Crippen molar-refractivity contribution < 1.29 is 4.79 Å². The molecule has 0 saturated heterocycles. The van der Waals surface area contributed by atoms with Crippen molar-refractivity contribution in [2.24, 2.45) is 7.05 Å². The molecule has 0 radical (unpaired) electrons. The van der Waals surface area contributed by atoms with Crippen LogP contribution in [0.2, 0.25) is 0 Å². The van der Waals surface area contributed by atoms with Crippen LogP contribution >= 0.6 is 0 Å². The molecule has 1 aromatic rings. The molecule has 0 aliphatic heterocycles. The van der Waals surface area contributed by atoms with Crippen molar-refractivity contribution in [1.29, 1.82) is 0 Å². The number of aryl methyl sites for hydroxylation is 2. The zero-order valence-corrected chi connectivity index (χ0v) is 9.49. The van der Waals surface area contributed by atoms with Crippen LogP contribution in [0.5, 0.6) is 0 Å². The van der Waals surface area contributed by atoms with Gasteiger partial charge in [0.15, 0.2) is 6.29 Å². The summed E-state index contributed by atoms with van der Waals surface area (Å²) in [6.45, 7) is 1.91. The highest BCUT2D eigenvalue weighted by atomic mass is 16.1. The third-order valence-electron chi connectivity index (χ3n) is 3.42. The van der Waals surface area contributed by atoms with Gasteiger partial charge in [-0.1, -0.05) is 19.3 Å². The minimum absolute atomic E-state index is 0.546. The average Bonchev–Trinajstić information content (AvgIpc) is 2.54. The molecule has 0 unspecified atom stereocenters. The van der Waals surface area contributed by atoms with E-state index in [0.29, 0.717) is 5.92 Å². The van der Waals surface area contributed by atoms with Crippen molar-refractivity contribution in [2.75, 3.05) is 0 Å². The van der Waals surface area contributed by atoms with Gasteiger partial charge in [0.1, 0.15) is 0 Å². The van der Waals surface area contributed by atoms with E-state index >= 15 is 0 Å². The number of carbonyl (C=O) groups is 1. The van der Waals surface area contributed by atoms with E-state index in [1.807, 2.05) is 18.7 Å². The van der Waals surface area contributed by atoms with E-state index in [-0.39, 0.29) is 0 Å². The molecule has 0 atom stereocenters. The molecule has 0 bridgehead atoms. The maximum absolute atomic E-state index is 11.1. The summed E-state index contributed by atoms with van der Waals surface area (Å²) in [6.07, 6.45) is 7.29. The minimum Gasteiger partial charge on any atom is -0.298 e. The van der Waals surface area contributed by atoms with Gasteiger partial charge in [-0.05, 0) is 19.8 Å². The number of rotatable bonds is 2. The summed E-state index contributed by atoms with van der Waals surface area (Å²) in [5.74, 6) is 0.546. The molecule has 1 saturated carbocycles. The van der Waals surface area contributed by atoms with Crippen LogP contribution in [0.4, 0.5) is 0 Å². The van der Waals surface area contributed by atoms with Gasteiger partial charge in [-0.2, -0.15) is 5.10 Å². The van der Waals surface area contributed by atoms with Gasteiger partial charge in [0, 0.05) is 13.0 Å². The monoisotopic (exact) mass is 206 g/mol. The number of hydrogen-bond donors (Lipinski definition) is 0. The molecular formula is C12H18N2O. The topological polar surface area (TPSA) is 34.9 Å². The first-order valence-corrected chi connectivity index (χ1v) is 5.72. The van der Waals surface area contributed by atoms with Crippen LogP contribution in [0.25, 0.3) is 0 Å². The average molecular weight is 206 g/mol. The number of nitrogens with zero attached hydrogens (tertiary/aromatic N) is 2. The minimum atomic E-state index is 0.546. The Kier molecular flexibility index (Phi) is 2.89. The van der Waals surface area contributed by atoms with Crippen molar-refractivity contribution in [1.82, 2.24) is 9.78 Å². The summed E-state index contributed by atoms with van der Waals surface area (Å²) in [6, 6.07) is 0. The molecule has 1 fully saturated rings. The molecule has 82 valence electrons. The molecule has 3 heteroatoms. The van der Waals surface area contributed by atoms with Crippen LogP contribution in [-0.4, -0.2) is 16.1 Å². The van der Waals surface area contributed by atoms with E-state index in [1.165, 1.54) is 32.1 Å². The highest BCUT2D eigenvalue weighted by Gasteiger charge is 2.23. The lowest BCUT2D eigenvalue weighted by Crippen LogP contribution is -2.11. The first kappa shape index (κ1) is 10.4. The molecule has 15 heavy (non-hydrogen) atoms. The van der Waals surface area contributed by atoms with E-state index in [4.69, 9.17) is 0 Å². The van der Waals surface area contributed by atoms with E-state index in [0.717, 1.165) is 23.2 Å². The van der Waals surface area contributed by atoms with Gasteiger partial charge < -0.3 is 0 Å². The first-order chi connectivity index (χ1) is 7.24. The predicted octanol–water partition coefficient (Wildman–Crippen LogP) is 2.59. The van der Waals surface area contributed by atoms with Crippen molar-refractivity contribution >= 4 is 6.29 Å².